The third-order valence-electron chi connectivity index (χ3n) is 2.03. The standard InChI is InChI=1S/C10H4BrClN2O/c11-6-1-7-9(8(12)2-6)14-4-5(3-13)10(7)15/h1-2,4H,(H,14,15). The largest absolute Gasteiger partial charge is 0.358 e. The molecule has 74 valence electrons. The van der Waals surface area contributed by atoms with Crippen LogP contribution >= 0.6 is 27.5 Å². The second-order valence-corrected chi connectivity index (χ2v) is 4.28. The summed E-state index contributed by atoms with van der Waals surface area (Å²) in [5.74, 6) is 0. The number of hydrogen-bond acceptors (Lipinski definition) is 2. The van der Waals surface area contributed by atoms with Crippen molar-refractivity contribution >= 4 is 38.4 Å². The van der Waals surface area contributed by atoms with Crippen LogP contribution in [0.25, 0.3) is 10.9 Å². The van der Waals surface area contributed by atoms with E-state index in [1.807, 2.05) is 6.07 Å². The van der Waals surface area contributed by atoms with E-state index in [0.29, 0.717) is 20.4 Å². The average molecular weight is 284 g/mol. The molecule has 0 bridgehead atoms. The number of nitrogens with zero attached hydrogens (tertiary/aromatic N) is 1. The highest BCUT2D eigenvalue weighted by Gasteiger charge is 2.08. The van der Waals surface area contributed by atoms with E-state index in [0.717, 1.165) is 0 Å². The van der Waals surface area contributed by atoms with Crippen LogP contribution in [0.2, 0.25) is 5.02 Å². The molecule has 1 aromatic carbocycles. The van der Waals surface area contributed by atoms with E-state index in [4.69, 9.17) is 16.9 Å². The highest BCUT2D eigenvalue weighted by Crippen LogP contribution is 2.24. The molecule has 1 N–H and O–H groups in total. The Morgan fingerprint density at radius 1 is 1.47 bits per heavy atom. The number of benzene rings is 1. The molecule has 0 fully saturated rings. The molecular weight excluding hydrogens is 279 g/mol. The van der Waals surface area contributed by atoms with Crippen LogP contribution in [0.5, 0.6) is 0 Å². The fraction of sp³-hybridized carbons (Fsp3) is 0. The topological polar surface area (TPSA) is 56.6 Å². The summed E-state index contributed by atoms with van der Waals surface area (Å²) in [5, 5.41) is 9.56. The van der Waals surface area contributed by atoms with Crippen LogP contribution in [0.15, 0.2) is 27.6 Å². The van der Waals surface area contributed by atoms with Crippen LogP contribution in [-0.4, -0.2) is 4.98 Å². The van der Waals surface area contributed by atoms with Gasteiger partial charge < -0.3 is 4.98 Å². The third-order valence-corrected chi connectivity index (χ3v) is 2.78. The molecule has 0 atom stereocenters. The molecule has 1 heterocycles. The molecule has 0 aliphatic carbocycles. The highest BCUT2D eigenvalue weighted by molar-refractivity contribution is 9.10. The number of nitrogens with one attached hydrogen (secondary N) is 1. The molecule has 0 amide bonds. The number of rotatable bonds is 0. The van der Waals surface area contributed by atoms with Crippen molar-refractivity contribution in [2.75, 3.05) is 0 Å². The fourth-order valence-electron chi connectivity index (χ4n) is 1.34. The number of halogens is 2. The summed E-state index contributed by atoms with van der Waals surface area (Å²) in [6.45, 7) is 0. The first kappa shape index (κ1) is 10.2. The van der Waals surface area contributed by atoms with Gasteiger partial charge in [-0.2, -0.15) is 5.26 Å². The number of aromatic nitrogens is 1. The molecule has 0 aliphatic rings. The van der Waals surface area contributed by atoms with Crippen LogP contribution in [-0.2, 0) is 0 Å². The molecule has 1 aromatic heterocycles. The normalized spacial score (nSPS) is 10.2. The molecule has 0 saturated heterocycles. The van der Waals surface area contributed by atoms with Gasteiger partial charge in [0.2, 0.25) is 5.43 Å². The highest BCUT2D eigenvalue weighted by atomic mass is 79.9. The lowest BCUT2D eigenvalue weighted by Crippen LogP contribution is -2.07. The zero-order valence-corrected chi connectivity index (χ0v) is 9.69. The average Bonchev–Trinajstić information content (AvgIpc) is 2.19. The van der Waals surface area contributed by atoms with Gasteiger partial charge in [0, 0.05) is 16.1 Å². The van der Waals surface area contributed by atoms with Crippen molar-refractivity contribution in [2.24, 2.45) is 0 Å². The smallest absolute Gasteiger partial charge is 0.207 e. The second kappa shape index (κ2) is 3.69. The minimum Gasteiger partial charge on any atom is -0.358 e. The number of fused-ring (bicyclic) bond motifs is 1. The molecule has 2 aromatic rings. The third kappa shape index (κ3) is 1.65. The predicted molar refractivity (Wildman–Crippen MR) is 62.0 cm³/mol. The van der Waals surface area contributed by atoms with Gasteiger partial charge in [0.25, 0.3) is 0 Å². The summed E-state index contributed by atoms with van der Waals surface area (Å²) >= 11 is 9.19. The Morgan fingerprint density at radius 2 is 2.20 bits per heavy atom. The van der Waals surface area contributed by atoms with Gasteiger partial charge >= 0.3 is 0 Å². The number of nitriles is 1. The van der Waals surface area contributed by atoms with E-state index in [1.54, 1.807) is 12.1 Å². The van der Waals surface area contributed by atoms with Gasteiger partial charge in [-0.15, -0.1) is 0 Å². The van der Waals surface area contributed by atoms with Crippen molar-refractivity contribution in [3.05, 3.63) is 43.6 Å². The first-order valence-electron chi connectivity index (χ1n) is 4.04. The van der Waals surface area contributed by atoms with Crippen LogP contribution in [0.3, 0.4) is 0 Å². The van der Waals surface area contributed by atoms with E-state index in [9.17, 15) is 4.79 Å². The van der Waals surface area contributed by atoms with Crippen molar-refractivity contribution < 1.29 is 0 Å². The summed E-state index contributed by atoms with van der Waals surface area (Å²) in [6, 6.07) is 5.15. The molecule has 15 heavy (non-hydrogen) atoms. The molecule has 0 spiro atoms. The Bertz CT molecular complexity index is 642. The Labute approximate surface area is 98.4 Å². The summed E-state index contributed by atoms with van der Waals surface area (Å²) in [5.41, 5.74) is 0.315. The number of H-pyrrole nitrogens is 1. The van der Waals surface area contributed by atoms with Gasteiger partial charge in [-0.3, -0.25) is 4.79 Å². The Kier molecular flexibility index (Phi) is 2.51. The van der Waals surface area contributed by atoms with Crippen LogP contribution in [0.4, 0.5) is 0 Å². The maximum atomic E-state index is 11.7. The van der Waals surface area contributed by atoms with Crippen LogP contribution in [0.1, 0.15) is 5.56 Å². The minimum atomic E-state index is -0.311. The maximum absolute atomic E-state index is 11.7. The first-order chi connectivity index (χ1) is 7.13. The van der Waals surface area contributed by atoms with Gasteiger partial charge in [0.15, 0.2) is 0 Å². The van der Waals surface area contributed by atoms with Gasteiger partial charge in [0.05, 0.1) is 10.5 Å². The zero-order chi connectivity index (χ0) is 11.0. The SMILES string of the molecule is N#Cc1c[nH]c2c(Cl)cc(Br)cc2c1=O. The van der Waals surface area contributed by atoms with Gasteiger partial charge in [-0.1, -0.05) is 27.5 Å². The van der Waals surface area contributed by atoms with Gasteiger partial charge in [-0.05, 0) is 12.1 Å². The Hall–Kier alpha value is -1.31. The fourth-order valence-corrected chi connectivity index (χ4v) is 2.20. The molecule has 2 rings (SSSR count). The van der Waals surface area contributed by atoms with E-state index >= 15 is 0 Å². The molecule has 0 saturated carbocycles. The second-order valence-electron chi connectivity index (χ2n) is 2.95. The number of pyridine rings is 1. The summed E-state index contributed by atoms with van der Waals surface area (Å²) in [4.78, 5) is 14.6. The van der Waals surface area contributed by atoms with Crippen molar-refractivity contribution in [3.8, 4) is 6.07 Å². The predicted octanol–water partition coefficient (Wildman–Crippen LogP) is 2.82. The quantitative estimate of drug-likeness (QED) is 0.808. The van der Waals surface area contributed by atoms with Gasteiger partial charge in [0.1, 0.15) is 11.6 Å². The van der Waals surface area contributed by atoms with Gasteiger partial charge in [-0.25, -0.2) is 0 Å². The lowest BCUT2D eigenvalue weighted by Gasteiger charge is -2.01. The van der Waals surface area contributed by atoms with E-state index in [1.165, 1.54) is 6.20 Å². The Balaban J connectivity index is 3.01. The molecule has 0 unspecified atom stereocenters. The minimum absolute atomic E-state index is 0.0802. The van der Waals surface area contributed by atoms with E-state index < -0.39 is 0 Å². The molecule has 0 radical (unpaired) electrons. The van der Waals surface area contributed by atoms with Crippen molar-refractivity contribution in [3.63, 3.8) is 0 Å². The number of hydrogen-bond donors (Lipinski definition) is 1. The zero-order valence-electron chi connectivity index (χ0n) is 7.34. The van der Waals surface area contributed by atoms with Crippen LogP contribution in [0, 0.1) is 11.3 Å². The van der Waals surface area contributed by atoms with E-state index in [-0.39, 0.29) is 11.0 Å². The molecule has 0 aliphatic heterocycles. The monoisotopic (exact) mass is 282 g/mol. The summed E-state index contributed by atoms with van der Waals surface area (Å²) in [6.07, 6.45) is 1.37. The molecule has 3 nitrogen and oxygen atoms in total. The summed E-state index contributed by atoms with van der Waals surface area (Å²) in [7, 11) is 0. The molecule has 5 heteroatoms. The lowest BCUT2D eigenvalue weighted by atomic mass is 10.1. The maximum Gasteiger partial charge on any atom is 0.207 e. The van der Waals surface area contributed by atoms with Crippen LogP contribution < -0.4 is 5.43 Å². The van der Waals surface area contributed by atoms with Crippen molar-refractivity contribution in [2.45, 2.75) is 0 Å². The summed E-state index contributed by atoms with van der Waals surface area (Å²) < 4.78 is 0.709. The van der Waals surface area contributed by atoms with E-state index in [2.05, 4.69) is 20.9 Å². The number of aromatic amines is 1. The van der Waals surface area contributed by atoms with Crippen molar-refractivity contribution in [1.29, 1.82) is 5.26 Å². The first-order valence-corrected chi connectivity index (χ1v) is 5.21. The van der Waals surface area contributed by atoms with Crippen molar-refractivity contribution in [1.82, 2.24) is 4.98 Å². The Morgan fingerprint density at radius 3 is 2.87 bits per heavy atom. The molecular formula is C10H4BrClN2O. The lowest BCUT2D eigenvalue weighted by molar-refractivity contribution is 1.34.